The number of nitrogens with one attached hydrogen (secondary N) is 1. The summed E-state index contributed by atoms with van der Waals surface area (Å²) in [6.45, 7) is 4.15. The molecule has 2 aromatic rings. The molecule has 3 N–H and O–H groups in total. The van der Waals surface area contributed by atoms with E-state index in [0.29, 0.717) is 5.69 Å². The van der Waals surface area contributed by atoms with Crippen LogP contribution in [0.15, 0.2) is 47.4 Å². The summed E-state index contributed by atoms with van der Waals surface area (Å²) in [6, 6.07) is 12.6. The van der Waals surface area contributed by atoms with Crippen molar-refractivity contribution in [2.24, 2.45) is 0 Å². The standard InChI is InChI=1S/C16H20N2O2S/c1-3-13-6-4-5-7-14(13)11-18-21(19,20)16-9-12(2)8-15(17)10-16/h4-10,18H,3,11,17H2,1-2H3. The number of anilines is 1. The molecule has 0 saturated carbocycles. The minimum Gasteiger partial charge on any atom is -0.399 e. The predicted octanol–water partition coefficient (Wildman–Crippen LogP) is 2.62. The van der Waals surface area contributed by atoms with Crippen LogP contribution in [-0.2, 0) is 23.0 Å². The molecule has 0 aliphatic heterocycles. The van der Waals surface area contributed by atoms with E-state index in [1.54, 1.807) is 12.1 Å². The van der Waals surface area contributed by atoms with E-state index in [4.69, 9.17) is 5.73 Å². The lowest BCUT2D eigenvalue weighted by Gasteiger charge is -2.11. The van der Waals surface area contributed by atoms with Gasteiger partial charge in [-0.3, -0.25) is 0 Å². The van der Waals surface area contributed by atoms with E-state index in [1.165, 1.54) is 6.07 Å². The van der Waals surface area contributed by atoms with E-state index in [2.05, 4.69) is 11.6 Å². The van der Waals surface area contributed by atoms with Crippen molar-refractivity contribution in [1.29, 1.82) is 0 Å². The molecule has 0 aromatic heterocycles. The van der Waals surface area contributed by atoms with Gasteiger partial charge < -0.3 is 5.73 Å². The molecule has 4 nitrogen and oxygen atoms in total. The fraction of sp³-hybridized carbons (Fsp3) is 0.250. The smallest absolute Gasteiger partial charge is 0.240 e. The number of sulfonamides is 1. The molecular weight excluding hydrogens is 284 g/mol. The lowest BCUT2D eigenvalue weighted by molar-refractivity contribution is 0.581. The van der Waals surface area contributed by atoms with Gasteiger partial charge in [-0.1, -0.05) is 31.2 Å². The molecule has 2 rings (SSSR count). The second kappa shape index (κ2) is 6.28. The second-order valence-electron chi connectivity index (χ2n) is 5.03. The highest BCUT2D eigenvalue weighted by atomic mass is 32.2. The second-order valence-corrected chi connectivity index (χ2v) is 6.79. The summed E-state index contributed by atoms with van der Waals surface area (Å²) in [6.07, 6.45) is 0.870. The minimum atomic E-state index is -3.56. The summed E-state index contributed by atoms with van der Waals surface area (Å²) >= 11 is 0. The third-order valence-electron chi connectivity index (χ3n) is 3.34. The maximum atomic E-state index is 12.3. The number of aryl methyl sites for hydroxylation is 2. The Morgan fingerprint density at radius 2 is 1.76 bits per heavy atom. The quantitative estimate of drug-likeness (QED) is 0.834. The topological polar surface area (TPSA) is 72.2 Å². The van der Waals surface area contributed by atoms with Crippen LogP contribution in [0.25, 0.3) is 0 Å². The Balaban J connectivity index is 2.22. The van der Waals surface area contributed by atoms with E-state index >= 15 is 0 Å². The average Bonchev–Trinajstić information content (AvgIpc) is 2.44. The average molecular weight is 304 g/mol. The van der Waals surface area contributed by atoms with Crippen LogP contribution in [0, 0.1) is 6.92 Å². The van der Waals surface area contributed by atoms with E-state index in [1.807, 2.05) is 31.2 Å². The molecule has 0 aliphatic carbocycles. The number of hydrogen-bond donors (Lipinski definition) is 2. The van der Waals surface area contributed by atoms with Crippen molar-refractivity contribution in [3.63, 3.8) is 0 Å². The van der Waals surface area contributed by atoms with Crippen LogP contribution in [0.5, 0.6) is 0 Å². The highest BCUT2D eigenvalue weighted by Crippen LogP contribution is 2.17. The van der Waals surface area contributed by atoms with Crippen LogP contribution in [0.1, 0.15) is 23.6 Å². The van der Waals surface area contributed by atoms with Crippen molar-refractivity contribution in [3.05, 3.63) is 59.2 Å². The monoisotopic (exact) mass is 304 g/mol. The molecule has 2 aromatic carbocycles. The number of rotatable bonds is 5. The summed E-state index contributed by atoms with van der Waals surface area (Å²) in [5.41, 5.74) is 9.12. The third-order valence-corrected chi connectivity index (χ3v) is 4.72. The Labute approximate surface area is 126 Å². The van der Waals surface area contributed by atoms with Gasteiger partial charge in [0.1, 0.15) is 0 Å². The Morgan fingerprint density at radius 3 is 2.38 bits per heavy atom. The molecule has 0 aliphatic rings. The van der Waals surface area contributed by atoms with Gasteiger partial charge in [-0.15, -0.1) is 0 Å². The van der Waals surface area contributed by atoms with E-state index in [0.717, 1.165) is 23.1 Å². The minimum absolute atomic E-state index is 0.203. The molecule has 0 fully saturated rings. The fourth-order valence-corrected chi connectivity index (χ4v) is 3.41. The SMILES string of the molecule is CCc1ccccc1CNS(=O)(=O)c1cc(C)cc(N)c1. The maximum Gasteiger partial charge on any atom is 0.240 e. The van der Waals surface area contributed by atoms with Crippen LogP contribution in [0.4, 0.5) is 5.69 Å². The lowest BCUT2D eigenvalue weighted by atomic mass is 10.1. The van der Waals surface area contributed by atoms with Gasteiger partial charge in [0.2, 0.25) is 10.0 Å². The van der Waals surface area contributed by atoms with Gasteiger partial charge in [-0.2, -0.15) is 0 Å². The number of benzene rings is 2. The lowest BCUT2D eigenvalue weighted by Crippen LogP contribution is -2.24. The van der Waals surface area contributed by atoms with Crippen molar-refractivity contribution in [2.45, 2.75) is 31.7 Å². The molecule has 0 radical (unpaired) electrons. The molecule has 0 amide bonds. The zero-order valence-electron chi connectivity index (χ0n) is 12.3. The van der Waals surface area contributed by atoms with Gasteiger partial charge in [-0.05, 0) is 48.2 Å². The van der Waals surface area contributed by atoms with Gasteiger partial charge in [0.15, 0.2) is 0 Å². The maximum absolute atomic E-state index is 12.3. The van der Waals surface area contributed by atoms with Gasteiger partial charge in [0.05, 0.1) is 4.90 Å². The predicted molar refractivity (Wildman–Crippen MR) is 85.4 cm³/mol. The molecule has 0 atom stereocenters. The largest absolute Gasteiger partial charge is 0.399 e. The number of nitrogen functional groups attached to an aromatic ring is 1. The first kappa shape index (κ1) is 15.5. The molecule has 0 bridgehead atoms. The normalized spacial score (nSPS) is 11.5. The molecule has 0 heterocycles. The van der Waals surface area contributed by atoms with Gasteiger partial charge in [-0.25, -0.2) is 13.1 Å². The van der Waals surface area contributed by atoms with Crippen LogP contribution < -0.4 is 10.5 Å². The van der Waals surface area contributed by atoms with Crippen LogP contribution in [0.3, 0.4) is 0 Å². The third kappa shape index (κ3) is 3.83. The van der Waals surface area contributed by atoms with Crippen molar-refractivity contribution in [2.75, 3.05) is 5.73 Å². The van der Waals surface area contributed by atoms with Crippen molar-refractivity contribution in [3.8, 4) is 0 Å². The summed E-state index contributed by atoms with van der Waals surface area (Å²) in [4.78, 5) is 0.203. The molecule has 0 unspecified atom stereocenters. The Morgan fingerprint density at radius 1 is 1.10 bits per heavy atom. The highest BCUT2D eigenvalue weighted by molar-refractivity contribution is 7.89. The molecule has 0 saturated heterocycles. The van der Waals surface area contributed by atoms with Gasteiger partial charge in [0.25, 0.3) is 0 Å². The molecule has 112 valence electrons. The fourth-order valence-electron chi connectivity index (χ4n) is 2.26. The van der Waals surface area contributed by atoms with Gasteiger partial charge >= 0.3 is 0 Å². The van der Waals surface area contributed by atoms with E-state index in [-0.39, 0.29) is 11.4 Å². The molecular formula is C16H20N2O2S. The summed E-state index contributed by atoms with van der Waals surface area (Å²) < 4.78 is 27.3. The summed E-state index contributed by atoms with van der Waals surface area (Å²) in [7, 11) is -3.56. The first-order chi connectivity index (χ1) is 9.92. The van der Waals surface area contributed by atoms with Crippen molar-refractivity contribution in [1.82, 2.24) is 4.72 Å². The summed E-state index contributed by atoms with van der Waals surface area (Å²) in [5.74, 6) is 0. The Hall–Kier alpha value is -1.85. The Bertz CT molecular complexity index is 719. The first-order valence-electron chi connectivity index (χ1n) is 6.86. The number of nitrogens with two attached hydrogens (primary N) is 1. The Kier molecular flexibility index (Phi) is 4.65. The highest BCUT2D eigenvalue weighted by Gasteiger charge is 2.15. The zero-order chi connectivity index (χ0) is 15.5. The van der Waals surface area contributed by atoms with E-state index < -0.39 is 10.0 Å². The molecule has 0 spiro atoms. The van der Waals surface area contributed by atoms with Gasteiger partial charge in [0, 0.05) is 12.2 Å². The first-order valence-corrected chi connectivity index (χ1v) is 8.34. The van der Waals surface area contributed by atoms with Crippen LogP contribution >= 0.6 is 0 Å². The summed E-state index contributed by atoms with van der Waals surface area (Å²) in [5, 5.41) is 0. The van der Waals surface area contributed by atoms with E-state index in [9.17, 15) is 8.42 Å². The molecule has 21 heavy (non-hydrogen) atoms. The zero-order valence-corrected chi connectivity index (χ0v) is 13.1. The van der Waals surface area contributed by atoms with Crippen LogP contribution in [-0.4, -0.2) is 8.42 Å². The van der Waals surface area contributed by atoms with Crippen LogP contribution in [0.2, 0.25) is 0 Å². The number of hydrogen-bond acceptors (Lipinski definition) is 3. The van der Waals surface area contributed by atoms with Crippen molar-refractivity contribution < 1.29 is 8.42 Å². The molecule has 5 heteroatoms. The van der Waals surface area contributed by atoms with Crippen molar-refractivity contribution >= 4 is 15.7 Å².